The summed E-state index contributed by atoms with van der Waals surface area (Å²) in [5.74, 6) is 1.16. The minimum atomic E-state index is -0.509. The number of hydrogen-bond acceptors (Lipinski definition) is 5. The zero-order valence-corrected chi connectivity index (χ0v) is 12.7. The lowest BCUT2D eigenvalue weighted by Crippen LogP contribution is -2.34. The zero-order valence-electron chi connectivity index (χ0n) is 12.7. The Bertz CT molecular complexity index is 786. The van der Waals surface area contributed by atoms with Gasteiger partial charge in [-0.15, -0.1) is 0 Å². The molecule has 2 aromatic carbocycles. The van der Waals surface area contributed by atoms with Crippen molar-refractivity contribution in [1.82, 2.24) is 0 Å². The fourth-order valence-corrected chi connectivity index (χ4v) is 2.18. The number of rotatable bonds is 3. The van der Waals surface area contributed by atoms with Gasteiger partial charge in [0.25, 0.3) is 5.91 Å². The molecule has 23 heavy (non-hydrogen) atoms. The SMILES string of the molecule is COc1ccc(O)c(C=Nc2ccc3c(c2)NC(=O)[C@H](C)O3)c1. The number of methoxy groups -OCH3 is 1. The first-order valence-corrected chi connectivity index (χ1v) is 7.09. The maximum atomic E-state index is 11.6. The normalized spacial score (nSPS) is 16.6. The highest BCUT2D eigenvalue weighted by atomic mass is 16.5. The van der Waals surface area contributed by atoms with Crippen LogP contribution in [0.5, 0.6) is 17.2 Å². The summed E-state index contributed by atoms with van der Waals surface area (Å²) in [6, 6.07) is 10.1. The Morgan fingerprint density at radius 3 is 2.91 bits per heavy atom. The molecule has 118 valence electrons. The molecule has 0 unspecified atom stereocenters. The molecule has 0 bridgehead atoms. The van der Waals surface area contributed by atoms with Crippen LogP contribution in [0.3, 0.4) is 0 Å². The standard InChI is InChI=1S/C17H16N2O4/c1-10-17(21)19-14-8-12(3-6-16(14)23-10)18-9-11-7-13(22-2)4-5-15(11)20/h3-10,20H,1-2H3,(H,19,21)/t10-/m0/s1. The van der Waals surface area contributed by atoms with E-state index in [9.17, 15) is 9.90 Å². The van der Waals surface area contributed by atoms with Gasteiger partial charge in [-0.2, -0.15) is 0 Å². The average molecular weight is 312 g/mol. The molecule has 1 aliphatic heterocycles. The molecule has 2 N–H and O–H groups in total. The van der Waals surface area contributed by atoms with Gasteiger partial charge < -0.3 is 19.9 Å². The number of anilines is 1. The molecule has 1 heterocycles. The van der Waals surface area contributed by atoms with Crippen molar-refractivity contribution in [3.05, 3.63) is 42.0 Å². The third-order valence-electron chi connectivity index (χ3n) is 3.48. The Morgan fingerprint density at radius 2 is 2.13 bits per heavy atom. The van der Waals surface area contributed by atoms with Gasteiger partial charge >= 0.3 is 0 Å². The maximum absolute atomic E-state index is 11.6. The van der Waals surface area contributed by atoms with Crippen LogP contribution in [0.15, 0.2) is 41.4 Å². The van der Waals surface area contributed by atoms with Crippen molar-refractivity contribution in [3.8, 4) is 17.2 Å². The molecule has 2 aromatic rings. The first-order valence-electron chi connectivity index (χ1n) is 7.09. The average Bonchev–Trinajstić information content (AvgIpc) is 2.55. The Kier molecular flexibility index (Phi) is 3.89. The number of phenols is 1. The molecule has 0 aromatic heterocycles. The van der Waals surface area contributed by atoms with Crippen molar-refractivity contribution in [2.24, 2.45) is 4.99 Å². The molecule has 0 radical (unpaired) electrons. The van der Waals surface area contributed by atoms with Gasteiger partial charge in [0.1, 0.15) is 17.2 Å². The fraction of sp³-hybridized carbons (Fsp3) is 0.176. The number of hydrogen-bond donors (Lipinski definition) is 2. The first kappa shape index (κ1) is 14.9. The van der Waals surface area contributed by atoms with Crippen LogP contribution in [-0.2, 0) is 4.79 Å². The lowest BCUT2D eigenvalue weighted by molar-refractivity contribution is -0.122. The van der Waals surface area contributed by atoms with Gasteiger partial charge in [0.2, 0.25) is 0 Å². The lowest BCUT2D eigenvalue weighted by atomic mass is 10.2. The highest BCUT2D eigenvalue weighted by molar-refractivity contribution is 5.98. The minimum Gasteiger partial charge on any atom is -0.507 e. The van der Waals surface area contributed by atoms with Crippen molar-refractivity contribution in [3.63, 3.8) is 0 Å². The van der Waals surface area contributed by atoms with Crippen molar-refractivity contribution < 1.29 is 19.4 Å². The molecule has 0 aliphatic carbocycles. The van der Waals surface area contributed by atoms with E-state index >= 15 is 0 Å². The fourth-order valence-electron chi connectivity index (χ4n) is 2.18. The third kappa shape index (κ3) is 3.11. The zero-order chi connectivity index (χ0) is 16.4. The van der Waals surface area contributed by atoms with E-state index in [1.165, 1.54) is 6.21 Å². The summed E-state index contributed by atoms with van der Waals surface area (Å²) < 4.78 is 10.6. The summed E-state index contributed by atoms with van der Waals surface area (Å²) in [6.07, 6.45) is 1.03. The molecule has 6 heteroatoms. The second kappa shape index (κ2) is 6.00. The smallest absolute Gasteiger partial charge is 0.265 e. The van der Waals surface area contributed by atoms with Crippen LogP contribution in [-0.4, -0.2) is 30.4 Å². The van der Waals surface area contributed by atoms with Crippen LogP contribution in [0.4, 0.5) is 11.4 Å². The number of aromatic hydroxyl groups is 1. The molecule has 0 saturated heterocycles. The van der Waals surface area contributed by atoms with Crippen LogP contribution in [0.1, 0.15) is 12.5 Å². The van der Waals surface area contributed by atoms with Gasteiger partial charge in [-0.25, -0.2) is 0 Å². The number of ether oxygens (including phenoxy) is 2. The van der Waals surface area contributed by atoms with E-state index in [-0.39, 0.29) is 11.7 Å². The number of carbonyl (C=O) groups excluding carboxylic acids is 1. The number of benzene rings is 2. The van der Waals surface area contributed by atoms with E-state index in [0.717, 1.165) is 0 Å². The number of nitrogens with zero attached hydrogens (tertiary/aromatic N) is 1. The number of aliphatic imine (C=N–C) groups is 1. The summed E-state index contributed by atoms with van der Waals surface area (Å²) >= 11 is 0. The number of amides is 1. The minimum absolute atomic E-state index is 0.109. The monoisotopic (exact) mass is 312 g/mol. The van der Waals surface area contributed by atoms with E-state index < -0.39 is 6.10 Å². The quantitative estimate of drug-likeness (QED) is 0.854. The summed E-state index contributed by atoms with van der Waals surface area (Å²) in [4.78, 5) is 16.0. The van der Waals surface area contributed by atoms with Crippen molar-refractivity contribution >= 4 is 23.5 Å². The molecule has 6 nitrogen and oxygen atoms in total. The van der Waals surface area contributed by atoms with Crippen LogP contribution in [0.2, 0.25) is 0 Å². The van der Waals surface area contributed by atoms with Crippen LogP contribution >= 0.6 is 0 Å². The Labute approximate surface area is 133 Å². The number of fused-ring (bicyclic) bond motifs is 1. The van der Waals surface area contributed by atoms with E-state index in [1.807, 2.05) is 0 Å². The van der Waals surface area contributed by atoms with Crippen LogP contribution in [0, 0.1) is 0 Å². The molecule has 0 fully saturated rings. The number of nitrogens with one attached hydrogen (secondary N) is 1. The molecule has 1 aliphatic rings. The third-order valence-corrected chi connectivity index (χ3v) is 3.48. The van der Waals surface area contributed by atoms with Crippen LogP contribution in [0.25, 0.3) is 0 Å². The summed E-state index contributed by atoms with van der Waals surface area (Å²) in [6.45, 7) is 1.69. The summed E-state index contributed by atoms with van der Waals surface area (Å²) in [7, 11) is 1.56. The second-order valence-electron chi connectivity index (χ2n) is 5.11. The predicted molar refractivity (Wildman–Crippen MR) is 87.1 cm³/mol. The largest absolute Gasteiger partial charge is 0.507 e. The van der Waals surface area contributed by atoms with Crippen LogP contribution < -0.4 is 14.8 Å². The van der Waals surface area contributed by atoms with Crippen molar-refractivity contribution in [2.75, 3.05) is 12.4 Å². The van der Waals surface area contributed by atoms with Crippen molar-refractivity contribution in [1.29, 1.82) is 0 Å². The lowest BCUT2D eigenvalue weighted by Gasteiger charge is -2.23. The highest BCUT2D eigenvalue weighted by Crippen LogP contribution is 2.33. The highest BCUT2D eigenvalue weighted by Gasteiger charge is 2.23. The Morgan fingerprint density at radius 1 is 1.30 bits per heavy atom. The van der Waals surface area contributed by atoms with Gasteiger partial charge in [-0.05, 0) is 43.3 Å². The number of carbonyl (C=O) groups is 1. The predicted octanol–water partition coefficient (Wildman–Crippen LogP) is 2.87. The van der Waals surface area contributed by atoms with Gasteiger partial charge in [-0.1, -0.05) is 0 Å². The topological polar surface area (TPSA) is 80.2 Å². The van der Waals surface area contributed by atoms with E-state index in [4.69, 9.17) is 9.47 Å². The van der Waals surface area contributed by atoms with E-state index in [1.54, 1.807) is 50.4 Å². The van der Waals surface area contributed by atoms with Gasteiger partial charge in [-0.3, -0.25) is 9.79 Å². The Hall–Kier alpha value is -3.02. The first-order chi connectivity index (χ1) is 11.1. The molecule has 0 saturated carbocycles. The van der Waals surface area contributed by atoms with Crippen molar-refractivity contribution in [2.45, 2.75) is 13.0 Å². The van der Waals surface area contributed by atoms with Gasteiger partial charge in [0.15, 0.2) is 6.10 Å². The summed E-state index contributed by atoms with van der Waals surface area (Å²) in [5.41, 5.74) is 1.75. The molecule has 1 amide bonds. The van der Waals surface area contributed by atoms with Gasteiger partial charge in [0, 0.05) is 11.8 Å². The maximum Gasteiger partial charge on any atom is 0.265 e. The van der Waals surface area contributed by atoms with E-state index in [0.29, 0.717) is 28.4 Å². The summed E-state index contributed by atoms with van der Waals surface area (Å²) in [5, 5.41) is 12.6. The second-order valence-corrected chi connectivity index (χ2v) is 5.11. The molecular weight excluding hydrogens is 296 g/mol. The van der Waals surface area contributed by atoms with E-state index in [2.05, 4.69) is 10.3 Å². The molecular formula is C17H16N2O4. The molecule has 3 rings (SSSR count). The molecule has 0 spiro atoms. The Balaban J connectivity index is 1.86. The molecule has 1 atom stereocenters. The number of phenolic OH excluding ortho intramolecular Hbond substituents is 1. The van der Waals surface area contributed by atoms with Gasteiger partial charge in [0.05, 0.1) is 18.5 Å².